The maximum Gasteiger partial charge on any atom is 0.270 e. The van der Waals surface area contributed by atoms with Gasteiger partial charge in [-0.05, 0) is 63.2 Å². The molecule has 0 aliphatic rings. The van der Waals surface area contributed by atoms with Gasteiger partial charge in [-0.3, -0.25) is 4.79 Å². The van der Waals surface area contributed by atoms with Gasteiger partial charge < -0.3 is 9.64 Å². The zero-order valence-electron chi connectivity index (χ0n) is 13.3. The van der Waals surface area contributed by atoms with Gasteiger partial charge in [0, 0.05) is 12.2 Å². The molecule has 0 bridgehead atoms. The molecule has 122 valence electrons. The quantitative estimate of drug-likeness (QED) is 0.827. The Morgan fingerprint density at radius 1 is 1.09 bits per heavy atom. The first-order valence-corrected chi connectivity index (χ1v) is 7.35. The number of carbonyl (C=O) groups is 1. The van der Waals surface area contributed by atoms with Gasteiger partial charge in [0.1, 0.15) is 17.4 Å². The van der Waals surface area contributed by atoms with Gasteiger partial charge in [-0.2, -0.15) is 0 Å². The number of anilines is 1. The molecular formula is C18H19F2NO2. The number of benzene rings is 2. The molecule has 0 aliphatic heterocycles. The summed E-state index contributed by atoms with van der Waals surface area (Å²) in [5.74, 6) is -0.711. The molecule has 0 radical (unpaired) electrons. The Morgan fingerprint density at radius 2 is 1.74 bits per heavy atom. The van der Waals surface area contributed by atoms with E-state index in [2.05, 4.69) is 0 Å². The van der Waals surface area contributed by atoms with Crippen LogP contribution in [0.3, 0.4) is 0 Å². The summed E-state index contributed by atoms with van der Waals surface area (Å²) in [6.07, 6.45) is 0. The zero-order valence-corrected chi connectivity index (χ0v) is 13.3. The number of nitrogens with zero attached hydrogens (tertiary/aromatic N) is 1. The van der Waals surface area contributed by atoms with Crippen LogP contribution in [0.25, 0.3) is 0 Å². The molecule has 23 heavy (non-hydrogen) atoms. The Morgan fingerprint density at radius 3 is 2.30 bits per heavy atom. The molecule has 0 fully saturated rings. The van der Waals surface area contributed by atoms with Gasteiger partial charge in [-0.25, -0.2) is 8.78 Å². The molecule has 1 amide bonds. The van der Waals surface area contributed by atoms with Crippen LogP contribution in [0.5, 0.6) is 5.75 Å². The number of amides is 1. The third kappa shape index (κ3) is 4.06. The lowest BCUT2D eigenvalue weighted by atomic mass is 10.1. The predicted octanol–water partition coefficient (Wildman–Crippen LogP) is 4.18. The van der Waals surface area contributed by atoms with Gasteiger partial charge in [0.15, 0.2) is 5.60 Å². The summed E-state index contributed by atoms with van der Waals surface area (Å²) in [6.45, 7) is 5.43. The highest BCUT2D eigenvalue weighted by molar-refractivity contribution is 5.99. The second-order valence-electron chi connectivity index (χ2n) is 5.60. The zero-order chi connectivity index (χ0) is 17.0. The number of hydrogen-bond acceptors (Lipinski definition) is 2. The summed E-state index contributed by atoms with van der Waals surface area (Å²) in [5.41, 5.74) is -0.714. The SMILES string of the molecule is CCN(C(=O)C(C)(C)Oc1ccc(F)cc1)c1cccc(F)c1. The molecule has 0 saturated heterocycles. The minimum atomic E-state index is -1.18. The first kappa shape index (κ1) is 16.9. The number of hydrogen-bond donors (Lipinski definition) is 0. The lowest BCUT2D eigenvalue weighted by Crippen LogP contribution is -2.49. The Bertz CT molecular complexity index is 684. The van der Waals surface area contributed by atoms with Gasteiger partial charge in [0.05, 0.1) is 0 Å². The standard InChI is InChI=1S/C18H19F2NO2/c1-4-21(15-7-5-6-14(20)12-15)17(22)18(2,3)23-16-10-8-13(19)9-11-16/h5-12H,4H2,1-3H3. The largest absolute Gasteiger partial charge is 0.478 e. The van der Waals surface area contributed by atoms with Crippen LogP contribution >= 0.6 is 0 Å². The maximum atomic E-state index is 13.4. The molecule has 0 N–H and O–H groups in total. The molecule has 0 aromatic heterocycles. The highest BCUT2D eigenvalue weighted by Crippen LogP contribution is 2.24. The van der Waals surface area contributed by atoms with Crippen LogP contribution in [0, 0.1) is 11.6 Å². The maximum absolute atomic E-state index is 13.4. The van der Waals surface area contributed by atoms with E-state index in [-0.39, 0.29) is 11.7 Å². The van der Waals surface area contributed by atoms with Gasteiger partial charge in [-0.1, -0.05) is 6.07 Å². The Hall–Kier alpha value is -2.43. The van der Waals surface area contributed by atoms with Crippen LogP contribution in [0.2, 0.25) is 0 Å². The molecule has 0 aliphatic carbocycles. The summed E-state index contributed by atoms with van der Waals surface area (Å²) >= 11 is 0. The molecule has 2 aromatic carbocycles. The second-order valence-corrected chi connectivity index (χ2v) is 5.60. The van der Waals surface area contributed by atoms with Crippen LogP contribution in [-0.2, 0) is 4.79 Å². The van der Waals surface area contributed by atoms with Crippen LogP contribution in [-0.4, -0.2) is 18.1 Å². The first-order chi connectivity index (χ1) is 10.8. The summed E-state index contributed by atoms with van der Waals surface area (Å²) in [7, 11) is 0. The Balaban J connectivity index is 2.22. The lowest BCUT2D eigenvalue weighted by molar-refractivity contribution is -0.131. The van der Waals surface area contributed by atoms with Gasteiger partial charge in [-0.15, -0.1) is 0 Å². The van der Waals surface area contributed by atoms with Gasteiger partial charge >= 0.3 is 0 Å². The number of halogens is 2. The molecule has 0 saturated carbocycles. The van der Waals surface area contributed by atoms with Crippen LogP contribution in [0.1, 0.15) is 20.8 Å². The minimum Gasteiger partial charge on any atom is -0.478 e. The van der Waals surface area contributed by atoms with Crippen molar-refractivity contribution in [3.8, 4) is 5.75 Å². The van der Waals surface area contributed by atoms with E-state index >= 15 is 0 Å². The molecule has 2 aromatic rings. The normalized spacial score (nSPS) is 11.2. The van der Waals surface area contributed by atoms with Gasteiger partial charge in [0.25, 0.3) is 5.91 Å². The molecule has 2 rings (SSSR count). The highest BCUT2D eigenvalue weighted by atomic mass is 19.1. The highest BCUT2D eigenvalue weighted by Gasteiger charge is 2.34. The van der Waals surface area contributed by atoms with Crippen LogP contribution < -0.4 is 9.64 Å². The fourth-order valence-electron chi connectivity index (χ4n) is 2.25. The van der Waals surface area contributed by atoms with E-state index in [9.17, 15) is 13.6 Å². The van der Waals surface area contributed by atoms with Crippen molar-refractivity contribution in [3.63, 3.8) is 0 Å². The monoisotopic (exact) mass is 319 g/mol. The van der Waals surface area contributed by atoms with E-state index in [1.165, 1.54) is 41.3 Å². The average molecular weight is 319 g/mol. The Labute approximate surface area is 134 Å². The summed E-state index contributed by atoms with van der Waals surface area (Å²) in [6, 6.07) is 11.3. The minimum absolute atomic E-state index is 0.310. The molecule has 3 nitrogen and oxygen atoms in total. The number of carbonyl (C=O) groups excluding carboxylic acids is 1. The van der Waals surface area contributed by atoms with E-state index in [1.807, 2.05) is 0 Å². The van der Waals surface area contributed by atoms with E-state index in [4.69, 9.17) is 4.74 Å². The number of ether oxygens (including phenoxy) is 1. The fraction of sp³-hybridized carbons (Fsp3) is 0.278. The van der Waals surface area contributed by atoms with Crippen molar-refractivity contribution in [2.75, 3.05) is 11.4 Å². The van der Waals surface area contributed by atoms with E-state index in [0.29, 0.717) is 18.0 Å². The smallest absolute Gasteiger partial charge is 0.270 e. The number of rotatable bonds is 5. The molecule has 5 heteroatoms. The molecule has 0 heterocycles. The molecular weight excluding hydrogens is 300 g/mol. The summed E-state index contributed by atoms with van der Waals surface area (Å²) in [4.78, 5) is 14.2. The van der Waals surface area contributed by atoms with Crippen LogP contribution in [0.4, 0.5) is 14.5 Å². The van der Waals surface area contributed by atoms with Crippen molar-refractivity contribution in [1.82, 2.24) is 0 Å². The van der Waals surface area contributed by atoms with E-state index in [0.717, 1.165) is 0 Å². The fourth-order valence-corrected chi connectivity index (χ4v) is 2.25. The third-order valence-electron chi connectivity index (χ3n) is 3.38. The predicted molar refractivity (Wildman–Crippen MR) is 85.5 cm³/mol. The topological polar surface area (TPSA) is 29.5 Å². The van der Waals surface area contributed by atoms with Crippen molar-refractivity contribution in [2.24, 2.45) is 0 Å². The van der Waals surface area contributed by atoms with Gasteiger partial charge in [0.2, 0.25) is 0 Å². The average Bonchev–Trinajstić information content (AvgIpc) is 2.50. The lowest BCUT2D eigenvalue weighted by Gasteiger charge is -2.32. The van der Waals surface area contributed by atoms with Crippen molar-refractivity contribution >= 4 is 11.6 Å². The summed E-state index contributed by atoms with van der Waals surface area (Å²) < 4.78 is 32.1. The molecule has 0 spiro atoms. The van der Waals surface area contributed by atoms with Crippen LogP contribution in [0.15, 0.2) is 48.5 Å². The second kappa shape index (κ2) is 6.77. The number of likely N-dealkylation sites (N-methyl/N-ethyl adjacent to an activating group) is 1. The Kier molecular flexibility index (Phi) is 4.98. The van der Waals surface area contributed by atoms with Crippen molar-refractivity contribution in [3.05, 3.63) is 60.2 Å². The summed E-state index contributed by atoms with van der Waals surface area (Å²) in [5, 5.41) is 0. The van der Waals surface area contributed by atoms with E-state index < -0.39 is 11.4 Å². The third-order valence-corrected chi connectivity index (χ3v) is 3.38. The first-order valence-electron chi connectivity index (χ1n) is 7.35. The van der Waals surface area contributed by atoms with E-state index in [1.54, 1.807) is 32.9 Å². The van der Waals surface area contributed by atoms with Crippen molar-refractivity contribution < 1.29 is 18.3 Å². The molecule has 0 atom stereocenters. The van der Waals surface area contributed by atoms with Crippen molar-refractivity contribution in [2.45, 2.75) is 26.4 Å². The van der Waals surface area contributed by atoms with Crippen molar-refractivity contribution in [1.29, 1.82) is 0 Å². The molecule has 0 unspecified atom stereocenters.